The van der Waals surface area contributed by atoms with E-state index in [0.717, 1.165) is 16.8 Å². The topological polar surface area (TPSA) is 120 Å². The summed E-state index contributed by atoms with van der Waals surface area (Å²) < 4.78 is 26.0. The number of sulfonamides is 1. The van der Waals surface area contributed by atoms with Crippen LogP contribution in [-0.2, 0) is 21.2 Å². The van der Waals surface area contributed by atoms with Crippen molar-refractivity contribution in [3.05, 3.63) is 10.6 Å². The number of aromatic nitrogens is 1. The first-order valence-corrected chi connectivity index (χ1v) is 13.0. The summed E-state index contributed by atoms with van der Waals surface area (Å²) >= 11 is 1.26. The van der Waals surface area contributed by atoms with Gasteiger partial charge in [0.2, 0.25) is 15.9 Å². The average Bonchev–Trinajstić information content (AvgIpc) is 3.06. The lowest BCUT2D eigenvalue weighted by Crippen LogP contribution is -2.57. The minimum Gasteiger partial charge on any atom is -0.396 e. The molecule has 10 heteroatoms. The highest BCUT2D eigenvalue weighted by Gasteiger charge is 2.59. The lowest BCUT2D eigenvalue weighted by molar-refractivity contribution is -0.146. The van der Waals surface area contributed by atoms with Crippen molar-refractivity contribution in [1.29, 1.82) is 0 Å². The Morgan fingerprint density at radius 2 is 2.13 bits per heavy atom. The van der Waals surface area contributed by atoms with Crippen LogP contribution in [0, 0.1) is 29.1 Å². The minimum atomic E-state index is -3.49. The first kappa shape index (κ1) is 24.0. The molecule has 5 unspecified atom stereocenters. The number of amides is 1. The second-order valence-corrected chi connectivity index (χ2v) is 12.2. The molecule has 3 rings (SSSR count). The van der Waals surface area contributed by atoms with E-state index in [1.807, 2.05) is 6.92 Å². The number of hydrogen-bond donors (Lipinski definition) is 3. The van der Waals surface area contributed by atoms with Gasteiger partial charge >= 0.3 is 0 Å². The molecular weight excluding hydrogens is 438 g/mol. The molecular formula is C21H31N3O5S2. The molecule has 1 aromatic rings. The highest BCUT2D eigenvalue weighted by atomic mass is 32.2. The van der Waals surface area contributed by atoms with E-state index in [9.17, 15) is 23.4 Å². The molecule has 0 radical (unpaired) electrons. The molecule has 1 amide bonds. The molecule has 5 atom stereocenters. The van der Waals surface area contributed by atoms with Gasteiger partial charge in [0.25, 0.3) is 0 Å². The summed E-state index contributed by atoms with van der Waals surface area (Å²) in [6.07, 6.45) is 7.72. The van der Waals surface area contributed by atoms with Crippen molar-refractivity contribution in [1.82, 2.24) is 9.88 Å². The smallest absolute Gasteiger partial charge is 0.231 e. The van der Waals surface area contributed by atoms with Crippen LogP contribution < -0.4 is 4.72 Å². The van der Waals surface area contributed by atoms with Crippen LogP contribution in [0.1, 0.15) is 49.6 Å². The third-order valence-electron chi connectivity index (χ3n) is 7.30. The second-order valence-electron chi connectivity index (χ2n) is 9.39. The Labute approximate surface area is 188 Å². The van der Waals surface area contributed by atoms with E-state index < -0.39 is 27.0 Å². The lowest BCUT2D eigenvalue weighted by Gasteiger charge is -2.58. The Morgan fingerprint density at radius 1 is 1.45 bits per heavy atom. The molecule has 8 nitrogen and oxygen atoms in total. The summed E-state index contributed by atoms with van der Waals surface area (Å²) in [5.74, 6) is 1.99. The Morgan fingerprint density at radius 3 is 2.71 bits per heavy atom. The van der Waals surface area contributed by atoms with E-state index in [4.69, 9.17) is 6.42 Å². The molecule has 2 aliphatic carbocycles. The molecule has 1 heterocycles. The van der Waals surface area contributed by atoms with Crippen LogP contribution in [0.3, 0.4) is 0 Å². The van der Waals surface area contributed by atoms with E-state index in [1.165, 1.54) is 16.2 Å². The zero-order valence-corrected chi connectivity index (χ0v) is 20.0. The van der Waals surface area contributed by atoms with E-state index in [2.05, 4.69) is 22.6 Å². The average molecular weight is 470 g/mol. The van der Waals surface area contributed by atoms with Crippen molar-refractivity contribution in [2.24, 2.45) is 16.7 Å². The van der Waals surface area contributed by atoms with Crippen molar-refractivity contribution >= 4 is 32.4 Å². The Kier molecular flexibility index (Phi) is 6.46. The number of aliphatic hydroxyl groups is 2. The standard InChI is InChI=1S/C21H31N3O5S2/c1-6-9-24(4)17(27)10-13-18-14(30-19(22-18)23-31(5,28)29)11-15-20(13,2)8-7-16(26)21(15,3)12-25/h1,13,15-16,25-26H,7-12H2,2-5H3,(H,22,23). The molecule has 1 fully saturated rings. The molecule has 0 saturated heterocycles. The Hall–Kier alpha value is -1.67. The van der Waals surface area contributed by atoms with Gasteiger partial charge in [-0.05, 0) is 30.6 Å². The summed E-state index contributed by atoms with van der Waals surface area (Å²) in [7, 11) is -1.84. The molecule has 0 aliphatic heterocycles. The molecule has 31 heavy (non-hydrogen) atoms. The van der Waals surface area contributed by atoms with Crippen molar-refractivity contribution in [2.45, 2.75) is 51.6 Å². The van der Waals surface area contributed by atoms with E-state index in [-0.39, 0.29) is 42.4 Å². The molecule has 0 aromatic carbocycles. The molecule has 1 saturated carbocycles. The number of carbonyl (C=O) groups is 1. The van der Waals surface area contributed by atoms with Gasteiger partial charge in [-0.15, -0.1) is 17.8 Å². The van der Waals surface area contributed by atoms with E-state index in [0.29, 0.717) is 19.3 Å². The van der Waals surface area contributed by atoms with Gasteiger partial charge in [0.1, 0.15) is 0 Å². The summed E-state index contributed by atoms with van der Waals surface area (Å²) in [5.41, 5.74) is -0.396. The summed E-state index contributed by atoms with van der Waals surface area (Å²) in [6, 6.07) is 0. The van der Waals surface area contributed by atoms with Gasteiger partial charge in [-0.1, -0.05) is 19.8 Å². The minimum absolute atomic E-state index is 0.0940. The van der Waals surface area contributed by atoms with Crippen molar-refractivity contribution < 1.29 is 23.4 Å². The predicted octanol–water partition coefficient (Wildman–Crippen LogP) is 1.41. The van der Waals surface area contributed by atoms with Gasteiger partial charge in [-0.2, -0.15) is 0 Å². The monoisotopic (exact) mass is 469 g/mol. The number of nitrogens with zero attached hydrogens (tertiary/aromatic N) is 2. The maximum atomic E-state index is 13.0. The van der Waals surface area contributed by atoms with Gasteiger partial charge in [-0.25, -0.2) is 13.4 Å². The second kappa shape index (κ2) is 8.35. The fourth-order valence-corrected chi connectivity index (χ4v) is 7.31. The van der Waals surface area contributed by atoms with Crippen LogP contribution in [0.4, 0.5) is 5.13 Å². The van der Waals surface area contributed by atoms with Crippen molar-refractivity contribution in [3.63, 3.8) is 0 Å². The van der Waals surface area contributed by atoms with Crippen molar-refractivity contribution in [3.8, 4) is 12.3 Å². The van der Waals surface area contributed by atoms with E-state index in [1.54, 1.807) is 7.05 Å². The van der Waals surface area contributed by atoms with Crippen LogP contribution in [-0.4, -0.2) is 67.0 Å². The number of anilines is 1. The lowest BCUT2D eigenvalue weighted by atomic mass is 9.47. The largest absolute Gasteiger partial charge is 0.396 e. The van der Waals surface area contributed by atoms with Gasteiger partial charge in [-0.3, -0.25) is 9.52 Å². The molecule has 2 aliphatic rings. The fourth-order valence-electron chi connectivity index (χ4n) is 5.40. The highest BCUT2D eigenvalue weighted by molar-refractivity contribution is 7.92. The number of rotatable bonds is 6. The number of hydrogen-bond acceptors (Lipinski definition) is 7. The molecule has 0 bridgehead atoms. The predicted molar refractivity (Wildman–Crippen MR) is 120 cm³/mol. The summed E-state index contributed by atoms with van der Waals surface area (Å²) in [4.78, 5) is 19.9. The van der Waals surface area contributed by atoms with Gasteiger partial charge in [0, 0.05) is 29.7 Å². The Balaban J connectivity index is 2.09. The normalized spacial score (nSPS) is 32.5. The number of fused-ring (bicyclic) bond motifs is 2. The number of carbonyl (C=O) groups excluding carboxylic acids is 1. The molecule has 172 valence electrons. The quantitative estimate of drug-likeness (QED) is 0.542. The third kappa shape index (κ3) is 4.33. The van der Waals surface area contributed by atoms with Gasteiger partial charge in [0.15, 0.2) is 5.13 Å². The van der Waals surface area contributed by atoms with Crippen LogP contribution >= 0.6 is 11.3 Å². The maximum Gasteiger partial charge on any atom is 0.231 e. The van der Waals surface area contributed by atoms with Gasteiger partial charge in [0.05, 0.1) is 31.2 Å². The number of aliphatic hydroxyl groups excluding tert-OH is 2. The van der Waals surface area contributed by atoms with E-state index >= 15 is 0 Å². The van der Waals surface area contributed by atoms with Crippen molar-refractivity contribution in [2.75, 3.05) is 31.2 Å². The first-order valence-electron chi connectivity index (χ1n) is 10.3. The maximum absolute atomic E-state index is 13.0. The Bertz CT molecular complexity index is 1000. The SMILES string of the molecule is C#CCN(C)C(=O)CC1c2nc(NS(C)(=O)=O)sc2CC2C(C)(CO)C(O)CCC12C. The highest BCUT2D eigenvalue weighted by Crippen LogP contribution is 2.62. The van der Waals surface area contributed by atoms with Crippen LogP contribution in [0.25, 0.3) is 0 Å². The summed E-state index contributed by atoms with van der Waals surface area (Å²) in [5, 5.41) is 21.3. The first-order chi connectivity index (χ1) is 14.4. The molecule has 3 N–H and O–H groups in total. The van der Waals surface area contributed by atoms with Crippen LogP contribution in [0.15, 0.2) is 0 Å². The zero-order valence-electron chi connectivity index (χ0n) is 18.4. The van der Waals surface area contributed by atoms with Crippen LogP contribution in [0.5, 0.6) is 0 Å². The number of nitrogens with one attached hydrogen (secondary N) is 1. The van der Waals surface area contributed by atoms with Gasteiger partial charge < -0.3 is 15.1 Å². The summed E-state index contributed by atoms with van der Waals surface area (Å²) in [6.45, 7) is 4.02. The number of terminal acetylenes is 1. The zero-order chi connectivity index (χ0) is 23.2. The fraction of sp³-hybridized carbons (Fsp3) is 0.714. The number of thiazole rings is 1. The molecule has 1 aromatic heterocycles. The third-order valence-corrected chi connectivity index (χ3v) is 9.00. The molecule has 0 spiro atoms. The van der Waals surface area contributed by atoms with Crippen LogP contribution in [0.2, 0.25) is 0 Å².